The van der Waals surface area contributed by atoms with Gasteiger partial charge in [-0.25, -0.2) is 0 Å². The van der Waals surface area contributed by atoms with Gasteiger partial charge in [0.1, 0.15) is 0 Å². The zero-order valence-corrected chi connectivity index (χ0v) is 11.4. The molecule has 0 radical (unpaired) electrons. The Labute approximate surface area is 110 Å². The average molecular weight is 253 g/mol. The second-order valence-corrected chi connectivity index (χ2v) is 6.52. The maximum absolute atomic E-state index is 6.56. The Balaban J connectivity index is 1.62. The molecule has 2 unspecified atom stereocenters. The molecule has 2 N–H and O–H groups in total. The molecular formula is C15H27NO2. The molecule has 0 aromatic heterocycles. The zero-order chi connectivity index (χ0) is 12.4. The lowest BCUT2D eigenvalue weighted by Gasteiger charge is -2.45. The Morgan fingerprint density at radius 2 is 1.67 bits per heavy atom. The van der Waals surface area contributed by atoms with E-state index in [4.69, 9.17) is 15.2 Å². The van der Waals surface area contributed by atoms with Gasteiger partial charge in [0.15, 0.2) is 0 Å². The molecular weight excluding hydrogens is 226 g/mol. The Bertz CT molecular complexity index is 264. The van der Waals surface area contributed by atoms with Gasteiger partial charge in [0.05, 0.1) is 5.60 Å². The summed E-state index contributed by atoms with van der Waals surface area (Å²) in [5.74, 6) is 1.46. The van der Waals surface area contributed by atoms with Crippen molar-refractivity contribution < 1.29 is 9.47 Å². The highest BCUT2D eigenvalue weighted by Gasteiger charge is 2.42. The molecule has 2 atom stereocenters. The fraction of sp³-hybridized carbons (Fsp3) is 1.00. The third-order valence-corrected chi connectivity index (χ3v) is 5.42. The number of ether oxygens (including phenoxy) is 2. The number of hydrogen-bond donors (Lipinski definition) is 1. The quantitative estimate of drug-likeness (QED) is 0.822. The van der Waals surface area contributed by atoms with Crippen LogP contribution in [0.1, 0.15) is 51.4 Å². The minimum Gasteiger partial charge on any atom is -0.381 e. The van der Waals surface area contributed by atoms with Crippen LogP contribution in [0.2, 0.25) is 0 Å². The van der Waals surface area contributed by atoms with Gasteiger partial charge in [0, 0.05) is 25.9 Å². The molecule has 1 spiro atoms. The van der Waals surface area contributed by atoms with Gasteiger partial charge in [-0.3, -0.25) is 0 Å². The number of nitrogens with two attached hydrogens (primary N) is 1. The van der Waals surface area contributed by atoms with Gasteiger partial charge in [-0.05, 0) is 50.4 Å². The largest absolute Gasteiger partial charge is 0.381 e. The van der Waals surface area contributed by atoms with Crippen molar-refractivity contribution >= 4 is 0 Å². The molecule has 3 fully saturated rings. The fourth-order valence-corrected chi connectivity index (χ4v) is 4.21. The molecule has 3 nitrogen and oxygen atoms in total. The standard InChI is InChI=1S/C15H27NO2/c16-14(12-3-1-2-4-12)13-5-8-18-15(11-13)6-9-17-10-7-15/h12-14H,1-11,16H2. The highest BCUT2D eigenvalue weighted by Crippen LogP contribution is 2.41. The van der Waals surface area contributed by atoms with Crippen LogP contribution in [0.3, 0.4) is 0 Å². The predicted octanol–water partition coefficient (Wildman–Crippen LogP) is 2.48. The maximum atomic E-state index is 6.56. The van der Waals surface area contributed by atoms with E-state index >= 15 is 0 Å². The summed E-state index contributed by atoms with van der Waals surface area (Å²) < 4.78 is 11.6. The normalized spacial score (nSPS) is 34.8. The molecule has 3 aliphatic rings. The van der Waals surface area contributed by atoms with Gasteiger partial charge in [0.25, 0.3) is 0 Å². The first-order valence-electron chi connectivity index (χ1n) is 7.76. The smallest absolute Gasteiger partial charge is 0.0729 e. The van der Waals surface area contributed by atoms with E-state index in [2.05, 4.69) is 0 Å². The molecule has 3 heteroatoms. The van der Waals surface area contributed by atoms with E-state index in [9.17, 15) is 0 Å². The van der Waals surface area contributed by atoms with Crippen LogP contribution in [0.5, 0.6) is 0 Å². The van der Waals surface area contributed by atoms with Gasteiger partial charge >= 0.3 is 0 Å². The summed E-state index contributed by atoms with van der Waals surface area (Å²) in [5, 5.41) is 0. The molecule has 0 bridgehead atoms. The molecule has 1 saturated carbocycles. The third-order valence-electron chi connectivity index (χ3n) is 5.42. The van der Waals surface area contributed by atoms with Crippen molar-refractivity contribution in [1.82, 2.24) is 0 Å². The van der Waals surface area contributed by atoms with E-state index in [1.165, 1.54) is 38.5 Å². The van der Waals surface area contributed by atoms with Crippen molar-refractivity contribution in [1.29, 1.82) is 0 Å². The van der Waals surface area contributed by atoms with Crippen LogP contribution < -0.4 is 5.73 Å². The Morgan fingerprint density at radius 3 is 2.39 bits per heavy atom. The van der Waals surface area contributed by atoms with Crippen LogP contribution >= 0.6 is 0 Å². The summed E-state index contributed by atoms with van der Waals surface area (Å²) >= 11 is 0. The molecule has 0 aromatic carbocycles. The molecule has 1 aliphatic carbocycles. The molecule has 0 amide bonds. The topological polar surface area (TPSA) is 44.5 Å². The fourth-order valence-electron chi connectivity index (χ4n) is 4.21. The van der Waals surface area contributed by atoms with Crippen molar-refractivity contribution in [3.8, 4) is 0 Å². The third kappa shape index (κ3) is 2.59. The second-order valence-electron chi connectivity index (χ2n) is 6.52. The van der Waals surface area contributed by atoms with Crippen molar-refractivity contribution in [2.75, 3.05) is 19.8 Å². The minimum absolute atomic E-state index is 0.109. The predicted molar refractivity (Wildman–Crippen MR) is 71.4 cm³/mol. The van der Waals surface area contributed by atoms with Crippen molar-refractivity contribution in [3.05, 3.63) is 0 Å². The van der Waals surface area contributed by atoms with Gasteiger partial charge in [-0.1, -0.05) is 12.8 Å². The van der Waals surface area contributed by atoms with Gasteiger partial charge in [-0.2, -0.15) is 0 Å². The first-order valence-corrected chi connectivity index (χ1v) is 7.76. The number of hydrogen-bond acceptors (Lipinski definition) is 3. The highest BCUT2D eigenvalue weighted by molar-refractivity contribution is 4.94. The summed E-state index contributed by atoms with van der Waals surface area (Å²) in [5.41, 5.74) is 6.67. The summed E-state index contributed by atoms with van der Waals surface area (Å²) in [6.07, 6.45) is 9.97. The SMILES string of the molecule is NC(C1CCCC1)C1CCOC2(CCOCC2)C1. The molecule has 3 rings (SSSR count). The molecule has 104 valence electrons. The molecule has 0 aromatic rings. The average Bonchev–Trinajstić information content (AvgIpc) is 2.93. The monoisotopic (exact) mass is 253 g/mol. The van der Waals surface area contributed by atoms with Crippen LogP contribution in [0.4, 0.5) is 0 Å². The summed E-state index contributed by atoms with van der Waals surface area (Å²) in [6, 6.07) is 0.413. The highest BCUT2D eigenvalue weighted by atomic mass is 16.5. The first-order chi connectivity index (χ1) is 8.79. The van der Waals surface area contributed by atoms with E-state index in [1.54, 1.807) is 0 Å². The molecule has 18 heavy (non-hydrogen) atoms. The molecule has 2 saturated heterocycles. The van der Waals surface area contributed by atoms with E-state index in [1.807, 2.05) is 0 Å². The van der Waals surface area contributed by atoms with Crippen molar-refractivity contribution in [2.24, 2.45) is 17.6 Å². The van der Waals surface area contributed by atoms with E-state index < -0.39 is 0 Å². The molecule has 2 heterocycles. The lowest BCUT2D eigenvalue weighted by atomic mass is 9.74. The van der Waals surface area contributed by atoms with Crippen LogP contribution in [0.25, 0.3) is 0 Å². The van der Waals surface area contributed by atoms with Crippen molar-refractivity contribution in [2.45, 2.75) is 63.0 Å². The Morgan fingerprint density at radius 1 is 0.944 bits per heavy atom. The van der Waals surface area contributed by atoms with Gasteiger partial charge < -0.3 is 15.2 Å². The second kappa shape index (κ2) is 5.48. The zero-order valence-electron chi connectivity index (χ0n) is 11.4. The van der Waals surface area contributed by atoms with E-state index in [-0.39, 0.29) is 5.60 Å². The van der Waals surface area contributed by atoms with E-state index in [0.29, 0.717) is 12.0 Å². The van der Waals surface area contributed by atoms with Gasteiger partial charge in [-0.15, -0.1) is 0 Å². The summed E-state index contributed by atoms with van der Waals surface area (Å²) in [4.78, 5) is 0. The van der Waals surface area contributed by atoms with Crippen LogP contribution in [-0.2, 0) is 9.47 Å². The summed E-state index contributed by atoms with van der Waals surface area (Å²) in [6.45, 7) is 2.64. The van der Waals surface area contributed by atoms with Crippen LogP contribution in [0.15, 0.2) is 0 Å². The Kier molecular flexibility index (Phi) is 3.92. The van der Waals surface area contributed by atoms with Crippen molar-refractivity contribution in [3.63, 3.8) is 0 Å². The lowest BCUT2D eigenvalue weighted by molar-refractivity contribution is -0.150. The van der Waals surface area contributed by atoms with E-state index in [0.717, 1.165) is 38.6 Å². The van der Waals surface area contributed by atoms with Crippen LogP contribution in [-0.4, -0.2) is 31.5 Å². The van der Waals surface area contributed by atoms with Gasteiger partial charge in [0.2, 0.25) is 0 Å². The Hall–Kier alpha value is -0.120. The first kappa shape index (κ1) is 12.9. The summed E-state index contributed by atoms with van der Waals surface area (Å²) in [7, 11) is 0. The maximum Gasteiger partial charge on any atom is 0.0729 e. The molecule has 2 aliphatic heterocycles. The number of rotatable bonds is 2. The lowest BCUT2D eigenvalue weighted by Crippen LogP contribution is -2.49. The van der Waals surface area contributed by atoms with Crippen LogP contribution in [0, 0.1) is 11.8 Å². The minimum atomic E-state index is 0.109.